The van der Waals surface area contributed by atoms with Gasteiger partial charge in [-0.15, -0.1) is 24.0 Å². The summed E-state index contributed by atoms with van der Waals surface area (Å²) in [6, 6.07) is 10.0. The number of benzene rings is 1. The monoisotopic (exact) mass is 476 g/mol. The summed E-state index contributed by atoms with van der Waals surface area (Å²) < 4.78 is 7.42. The Labute approximate surface area is 172 Å². The van der Waals surface area contributed by atoms with E-state index in [1.165, 1.54) is 5.56 Å². The molecule has 1 N–H and O–H groups in total. The molecule has 5 nitrogen and oxygen atoms in total. The van der Waals surface area contributed by atoms with Crippen molar-refractivity contribution in [2.24, 2.45) is 12.0 Å². The average Bonchev–Trinajstić information content (AvgIpc) is 2.89. The summed E-state index contributed by atoms with van der Waals surface area (Å²) in [6.07, 6.45) is 2.77. The van der Waals surface area contributed by atoms with Crippen molar-refractivity contribution in [1.29, 1.82) is 0 Å². The summed E-state index contributed by atoms with van der Waals surface area (Å²) in [5, 5.41) is 4.14. The van der Waals surface area contributed by atoms with Crippen LogP contribution in [-0.2, 0) is 20.0 Å². The second kappa shape index (κ2) is 10.6. The first kappa shape index (κ1) is 21.6. The highest BCUT2D eigenvalue weighted by molar-refractivity contribution is 14.0. The summed E-state index contributed by atoms with van der Waals surface area (Å²) in [5.74, 6) is 1.77. The molecule has 2 aromatic rings. The van der Waals surface area contributed by atoms with Gasteiger partial charge in [0.25, 0.3) is 0 Å². The third-order valence-corrected chi connectivity index (χ3v) is 4.12. The first-order chi connectivity index (χ1) is 11.5. The number of ether oxygens (including phenoxy) is 1. The fraction of sp³-hybridized carbons (Fsp3) is 0.389. The average molecular weight is 477 g/mol. The third kappa shape index (κ3) is 6.11. The number of nitrogens with zero attached hydrogens (tertiary/aromatic N) is 3. The number of hydrogen-bond donors (Lipinski definition) is 1. The lowest BCUT2D eigenvalue weighted by Gasteiger charge is -2.22. The summed E-state index contributed by atoms with van der Waals surface area (Å²) in [7, 11) is 7.50. The first-order valence-electron chi connectivity index (χ1n) is 7.89. The van der Waals surface area contributed by atoms with Gasteiger partial charge < -0.3 is 19.5 Å². The highest BCUT2D eigenvalue weighted by Gasteiger charge is 2.10. The molecule has 2 rings (SSSR count). The van der Waals surface area contributed by atoms with Crippen LogP contribution in [0.2, 0.25) is 5.02 Å². The standard InChI is InChI=1S/C18H25ClN4O.HI/c1-20-18(23(3)13-16-11-15(19)12-22(16)2)21-10-9-14-7-5-6-8-17(14)24-4;/h5-8,11-12H,9-10,13H2,1-4H3,(H,20,21);1H. The molecular weight excluding hydrogens is 451 g/mol. The molecule has 0 bridgehead atoms. The molecule has 0 spiro atoms. The fourth-order valence-corrected chi connectivity index (χ4v) is 2.92. The molecule has 7 heteroatoms. The number of guanidine groups is 1. The molecule has 0 saturated carbocycles. The van der Waals surface area contributed by atoms with E-state index < -0.39 is 0 Å². The highest BCUT2D eigenvalue weighted by Crippen LogP contribution is 2.17. The van der Waals surface area contributed by atoms with E-state index in [1.807, 2.05) is 49.1 Å². The Hall–Kier alpha value is -1.41. The molecule has 0 aliphatic heterocycles. The van der Waals surface area contributed by atoms with Crippen molar-refractivity contribution < 1.29 is 4.74 Å². The van der Waals surface area contributed by atoms with Crippen LogP contribution >= 0.6 is 35.6 Å². The number of hydrogen-bond acceptors (Lipinski definition) is 2. The van der Waals surface area contributed by atoms with Crippen LogP contribution < -0.4 is 10.1 Å². The van der Waals surface area contributed by atoms with Crippen molar-refractivity contribution in [2.45, 2.75) is 13.0 Å². The van der Waals surface area contributed by atoms with Crippen LogP contribution in [0.25, 0.3) is 0 Å². The number of rotatable bonds is 6. The molecule has 25 heavy (non-hydrogen) atoms. The number of aryl methyl sites for hydroxylation is 1. The Morgan fingerprint density at radius 1 is 1.36 bits per heavy atom. The third-order valence-electron chi connectivity index (χ3n) is 3.92. The predicted molar refractivity (Wildman–Crippen MR) is 115 cm³/mol. The molecule has 1 aromatic carbocycles. The molecule has 0 atom stereocenters. The van der Waals surface area contributed by atoms with E-state index in [0.717, 1.165) is 41.9 Å². The van der Waals surface area contributed by atoms with Crippen LogP contribution in [-0.4, -0.2) is 43.2 Å². The zero-order valence-corrected chi connectivity index (χ0v) is 18.2. The lowest BCUT2D eigenvalue weighted by Crippen LogP contribution is -2.39. The van der Waals surface area contributed by atoms with Gasteiger partial charge in [0.2, 0.25) is 0 Å². The second-order valence-corrected chi connectivity index (χ2v) is 6.09. The summed E-state index contributed by atoms with van der Waals surface area (Å²) >= 11 is 6.05. The molecule has 138 valence electrons. The number of aliphatic imine (C=N–C) groups is 1. The van der Waals surface area contributed by atoms with Crippen LogP contribution in [0.4, 0.5) is 0 Å². The maximum atomic E-state index is 6.05. The van der Waals surface area contributed by atoms with Gasteiger partial charge in [-0.25, -0.2) is 0 Å². The van der Waals surface area contributed by atoms with Crippen LogP contribution in [0.1, 0.15) is 11.3 Å². The minimum Gasteiger partial charge on any atom is -0.496 e. The first-order valence-corrected chi connectivity index (χ1v) is 8.27. The minimum absolute atomic E-state index is 0. The van der Waals surface area contributed by atoms with Gasteiger partial charge in [0.1, 0.15) is 5.75 Å². The summed E-state index contributed by atoms with van der Waals surface area (Å²) in [6.45, 7) is 1.52. The van der Waals surface area contributed by atoms with E-state index >= 15 is 0 Å². The van der Waals surface area contributed by atoms with Gasteiger partial charge in [0.05, 0.1) is 18.7 Å². The van der Waals surface area contributed by atoms with Gasteiger partial charge in [-0.05, 0) is 24.1 Å². The SMILES string of the molecule is CN=C(NCCc1ccccc1OC)N(C)Cc1cc(Cl)cn1C.I. The molecule has 0 aliphatic carbocycles. The van der Waals surface area contributed by atoms with Crippen molar-refractivity contribution in [2.75, 3.05) is 27.7 Å². The van der Waals surface area contributed by atoms with Crippen LogP contribution in [0, 0.1) is 0 Å². The predicted octanol–water partition coefficient (Wildman–Crippen LogP) is 3.56. The molecule has 0 aliphatic rings. The van der Waals surface area contributed by atoms with Gasteiger partial charge in [-0.3, -0.25) is 4.99 Å². The largest absolute Gasteiger partial charge is 0.496 e. The van der Waals surface area contributed by atoms with E-state index in [0.29, 0.717) is 0 Å². The maximum Gasteiger partial charge on any atom is 0.193 e. The lowest BCUT2D eigenvalue weighted by atomic mass is 10.1. The number of aromatic nitrogens is 1. The van der Waals surface area contributed by atoms with Gasteiger partial charge >= 0.3 is 0 Å². The molecule has 1 aromatic heterocycles. The quantitative estimate of drug-likeness (QED) is 0.394. The molecule has 0 radical (unpaired) electrons. The van der Waals surface area contributed by atoms with Crippen molar-refractivity contribution in [1.82, 2.24) is 14.8 Å². The molecule has 0 saturated heterocycles. The van der Waals surface area contributed by atoms with Gasteiger partial charge in [-0.1, -0.05) is 29.8 Å². The van der Waals surface area contributed by atoms with Crippen molar-refractivity contribution in [3.8, 4) is 5.75 Å². The smallest absolute Gasteiger partial charge is 0.193 e. The number of nitrogens with one attached hydrogen (secondary N) is 1. The van der Waals surface area contributed by atoms with E-state index in [2.05, 4.69) is 21.3 Å². The normalized spacial score (nSPS) is 11.0. The Balaban J connectivity index is 0.00000312. The maximum absolute atomic E-state index is 6.05. The second-order valence-electron chi connectivity index (χ2n) is 5.65. The molecule has 0 unspecified atom stereocenters. The Morgan fingerprint density at radius 2 is 2.08 bits per heavy atom. The van der Waals surface area contributed by atoms with Gasteiger partial charge in [0.15, 0.2) is 5.96 Å². The van der Waals surface area contributed by atoms with Crippen molar-refractivity contribution >= 4 is 41.5 Å². The Kier molecular flexibility index (Phi) is 9.13. The van der Waals surface area contributed by atoms with E-state index in [1.54, 1.807) is 14.2 Å². The lowest BCUT2D eigenvalue weighted by molar-refractivity contribution is 0.409. The van der Waals surface area contributed by atoms with E-state index in [4.69, 9.17) is 16.3 Å². The molecule has 0 fully saturated rings. The van der Waals surface area contributed by atoms with E-state index in [-0.39, 0.29) is 24.0 Å². The van der Waals surface area contributed by atoms with E-state index in [9.17, 15) is 0 Å². The van der Waals surface area contributed by atoms with Crippen LogP contribution in [0.3, 0.4) is 0 Å². The zero-order chi connectivity index (χ0) is 17.5. The Bertz CT molecular complexity index is 702. The van der Waals surface area contributed by atoms with Gasteiger partial charge in [0, 0.05) is 39.6 Å². The number of methoxy groups -OCH3 is 1. The summed E-state index contributed by atoms with van der Waals surface area (Å²) in [5.41, 5.74) is 2.31. The highest BCUT2D eigenvalue weighted by atomic mass is 127. The Morgan fingerprint density at radius 3 is 2.68 bits per heavy atom. The summed E-state index contributed by atoms with van der Waals surface area (Å²) in [4.78, 5) is 6.43. The zero-order valence-electron chi connectivity index (χ0n) is 15.1. The molecule has 1 heterocycles. The number of halogens is 2. The van der Waals surface area contributed by atoms with Crippen LogP contribution in [0.15, 0.2) is 41.5 Å². The topological polar surface area (TPSA) is 41.8 Å². The molecule has 0 amide bonds. The number of para-hydroxylation sites is 1. The minimum atomic E-state index is 0. The van der Waals surface area contributed by atoms with Crippen LogP contribution in [0.5, 0.6) is 5.75 Å². The van der Waals surface area contributed by atoms with Gasteiger partial charge in [-0.2, -0.15) is 0 Å². The molecular formula is C18H26ClIN4O. The van der Waals surface area contributed by atoms with Crippen molar-refractivity contribution in [3.63, 3.8) is 0 Å². The van der Waals surface area contributed by atoms with Crippen molar-refractivity contribution in [3.05, 3.63) is 52.8 Å². The fourth-order valence-electron chi connectivity index (χ4n) is 2.64.